The van der Waals surface area contributed by atoms with Gasteiger partial charge in [-0.05, 0) is 56.9 Å². The molecule has 3 aliphatic heterocycles. The van der Waals surface area contributed by atoms with Crippen molar-refractivity contribution >= 4 is 39.6 Å². The van der Waals surface area contributed by atoms with Gasteiger partial charge in [0.15, 0.2) is 0 Å². The highest BCUT2D eigenvalue weighted by Crippen LogP contribution is 2.61. The zero-order valence-corrected chi connectivity index (χ0v) is 34.1. The van der Waals surface area contributed by atoms with Crippen molar-refractivity contribution in [3.8, 4) is 0 Å². The standard InChI is InChI=1S/C41H60BrN3O7/c1-12-14-20-30(47)43(11)26(5)33(27-18-16-15-17-19-27)51-38(50)31-32-36(48)45(29(23-46)25(3)4)35(41(32)22-28(42)34(31)52-41)37(49)44(21-13-2)40(9,10)24-39(6,7)8/h12-13,15-19,25-26,28-29,31-35,46H,1-2,14,20-24H2,3-11H3/t26-,28?,29+,31-,32+,33+,34-,35-,41+/m1/s1. The third-order valence-electron chi connectivity index (χ3n) is 11.2. The van der Waals surface area contributed by atoms with Crippen LogP contribution in [0.5, 0.6) is 0 Å². The number of allylic oxidation sites excluding steroid dienone is 1. The van der Waals surface area contributed by atoms with Crippen molar-refractivity contribution in [2.24, 2.45) is 23.2 Å². The molecule has 3 saturated heterocycles. The molecule has 3 amide bonds. The molecule has 0 radical (unpaired) electrons. The number of hydrogen-bond acceptors (Lipinski definition) is 7. The Morgan fingerprint density at radius 1 is 1.12 bits per heavy atom. The molecular weight excluding hydrogens is 726 g/mol. The average molecular weight is 787 g/mol. The number of esters is 1. The van der Waals surface area contributed by atoms with Crippen LogP contribution in [-0.4, -0.2) is 104 Å². The van der Waals surface area contributed by atoms with Crippen molar-refractivity contribution in [3.05, 3.63) is 61.2 Å². The fraction of sp³-hybridized carbons (Fsp3) is 0.659. The topological polar surface area (TPSA) is 117 Å². The molecule has 2 bridgehead atoms. The first-order valence-electron chi connectivity index (χ1n) is 18.6. The number of hydrogen-bond donors (Lipinski definition) is 1. The lowest BCUT2D eigenvalue weighted by Crippen LogP contribution is -2.63. The molecule has 3 fully saturated rings. The minimum atomic E-state index is -1.35. The number of aliphatic hydroxyl groups is 1. The summed E-state index contributed by atoms with van der Waals surface area (Å²) in [6.07, 6.45) is 3.58. The predicted molar refractivity (Wildman–Crippen MR) is 205 cm³/mol. The van der Waals surface area contributed by atoms with E-state index in [2.05, 4.69) is 49.9 Å². The summed E-state index contributed by atoms with van der Waals surface area (Å²) in [4.78, 5) is 62.4. The van der Waals surface area contributed by atoms with Gasteiger partial charge < -0.3 is 29.3 Å². The Kier molecular flexibility index (Phi) is 13.0. The SMILES string of the molecule is C=CCCC(=O)N(C)[C@H](C)[C@H](OC(=O)[C@H]1[C@@H]2O[C@@]3(CC2Br)[C@@H]1C(=O)N([C@@H](CO)C(C)C)[C@@H]3C(=O)N(CC=C)C(C)(C)CC(C)(C)C)c1ccccc1. The number of nitrogens with zero attached hydrogens (tertiary/aromatic N) is 3. The van der Waals surface area contributed by atoms with Crippen molar-refractivity contribution in [1.29, 1.82) is 0 Å². The number of carbonyl (C=O) groups excluding carboxylic acids is 4. The van der Waals surface area contributed by atoms with Crippen LogP contribution in [0.1, 0.15) is 92.7 Å². The molecule has 3 heterocycles. The van der Waals surface area contributed by atoms with Gasteiger partial charge in [0.25, 0.3) is 0 Å². The highest BCUT2D eigenvalue weighted by molar-refractivity contribution is 9.09. The number of rotatable bonds is 16. The summed E-state index contributed by atoms with van der Waals surface area (Å²) in [5, 5.41) is 10.7. The summed E-state index contributed by atoms with van der Waals surface area (Å²) in [7, 11) is 1.69. The van der Waals surface area contributed by atoms with E-state index in [0.717, 1.165) is 0 Å². The van der Waals surface area contributed by atoms with Gasteiger partial charge in [0.2, 0.25) is 17.7 Å². The average Bonchev–Trinajstić information content (AvgIpc) is 3.66. The maximum Gasteiger partial charge on any atom is 0.313 e. The van der Waals surface area contributed by atoms with Crippen LogP contribution in [0.3, 0.4) is 0 Å². The quantitative estimate of drug-likeness (QED) is 0.123. The van der Waals surface area contributed by atoms with Crippen LogP contribution in [0, 0.1) is 23.2 Å². The molecule has 0 saturated carbocycles. The molecule has 4 rings (SSSR count). The molecule has 9 atom stereocenters. The molecule has 52 heavy (non-hydrogen) atoms. The van der Waals surface area contributed by atoms with Crippen LogP contribution in [0.4, 0.5) is 0 Å². The van der Waals surface area contributed by atoms with Crippen molar-refractivity contribution < 1.29 is 33.8 Å². The van der Waals surface area contributed by atoms with E-state index in [1.54, 1.807) is 29.0 Å². The molecule has 1 spiro atoms. The largest absolute Gasteiger partial charge is 0.455 e. The van der Waals surface area contributed by atoms with Crippen LogP contribution < -0.4 is 0 Å². The van der Waals surface area contributed by atoms with Gasteiger partial charge in [0, 0.05) is 30.4 Å². The second-order valence-corrected chi connectivity index (χ2v) is 18.2. The van der Waals surface area contributed by atoms with E-state index in [0.29, 0.717) is 24.8 Å². The number of alkyl halides is 1. The maximum atomic E-state index is 15.2. The first-order valence-corrected chi connectivity index (χ1v) is 19.5. The summed E-state index contributed by atoms with van der Waals surface area (Å²) in [6.45, 7) is 23.6. The Balaban J connectivity index is 1.80. The first-order chi connectivity index (χ1) is 24.3. The number of likely N-dealkylation sites (tertiary alicyclic amines) is 1. The number of carbonyl (C=O) groups is 4. The molecule has 10 nitrogen and oxygen atoms in total. The Bertz CT molecular complexity index is 1490. The van der Waals surface area contributed by atoms with Gasteiger partial charge in [-0.3, -0.25) is 19.2 Å². The third kappa shape index (κ3) is 7.92. The zero-order chi connectivity index (χ0) is 38.9. The van der Waals surface area contributed by atoms with Crippen molar-refractivity contribution in [2.45, 2.75) is 127 Å². The Labute approximate surface area is 319 Å². The van der Waals surface area contributed by atoms with Gasteiger partial charge in [0.1, 0.15) is 17.7 Å². The van der Waals surface area contributed by atoms with Crippen LogP contribution in [0.25, 0.3) is 0 Å². The van der Waals surface area contributed by atoms with Gasteiger partial charge in [-0.2, -0.15) is 0 Å². The van der Waals surface area contributed by atoms with E-state index < -0.39 is 65.2 Å². The van der Waals surface area contributed by atoms with Crippen LogP contribution >= 0.6 is 15.9 Å². The summed E-state index contributed by atoms with van der Waals surface area (Å²) >= 11 is 3.77. The monoisotopic (exact) mass is 785 g/mol. The summed E-state index contributed by atoms with van der Waals surface area (Å²) in [6, 6.07) is 6.92. The lowest BCUT2D eigenvalue weighted by molar-refractivity contribution is -0.165. The highest BCUT2D eigenvalue weighted by Gasteiger charge is 2.78. The number of benzene rings is 1. The van der Waals surface area contributed by atoms with Crippen molar-refractivity contribution in [1.82, 2.24) is 14.7 Å². The first kappa shape index (κ1) is 41.7. The smallest absolute Gasteiger partial charge is 0.313 e. The van der Waals surface area contributed by atoms with Gasteiger partial charge in [-0.1, -0.05) is 93.0 Å². The van der Waals surface area contributed by atoms with E-state index in [1.165, 1.54) is 4.90 Å². The summed E-state index contributed by atoms with van der Waals surface area (Å²) in [5.74, 6) is -3.69. The molecule has 3 aliphatic rings. The van der Waals surface area contributed by atoms with E-state index in [9.17, 15) is 19.5 Å². The van der Waals surface area contributed by atoms with E-state index in [-0.39, 0.29) is 47.5 Å². The van der Waals surface area contributed by atoms with E-state index in [4.69, 9.17) is 9.47 Å². The lowest BCUT2D eigenvalue weighted by Gasteiger charge is -2.47. The zero-order valence-electron chi connectivity index (χ0n) is 32.5. The molecule has 1 aromatic carbocycles. The summed E-state index contributed by atoms with van der Waals surface area (Å²) in [5.41, 5.74) is -1.39. The Morgan fingerprint density at radius 3 is 2.29 bits per heavy atom. The molecular formula is C41H60BrN3O7. The molecule has 288 valence electrons. The second-order valence-electron chi connectivity index (χ2n) is 17.0. The molecule has 1 aromatic rings. The van der Waals surface area contributed by atoms with Crippen LogP contribution in [-0.2, 0) is 28.7 Å². The fourth-order valence-corrected chi connectivity index (χ4v) is 9.97. The predicted octanol–water partition coefficient (Wildman–Crippen LogP) is 6.08. The van der Waals surface area contributed by atoms with Crippen molar-refractivity contribution in [2.75, 3.05) is 20.2 Å². The van der Waals surface area contributed by atoms with Crippen LogP contribution in [0.15, 0.2) is 55.6 Å². The molecule has 1 unspecified atom stereocenters. The van der Waals surface area contributed by atoms with E-state index >= 15 is 4.79 Å². The molecule has 0 aromatic heterocycles. The van der Waals surface area contributed by atoms with Gasteiger partial charge in [0.05, 0.1) is 36.6 Å². The number of likely N-dealkylation sites (N-methyl/N-ethyl adjacent to an activating group) is 1. The number of fused-ring (bicyclic) bond motifs is 1. The van der Waals surface area contributed by atoms with Gasteiger partial charge in [-0.15, -0.1) is 13.2 Å². The Morgan fingerprint density at radius 2 is 1.75 bits per heavy atom. The minimum absolute atomic E-state index is 0.114. The normalized spacial score (nSPS) is 27.2. The number of aliphatic hydroxyl groups excluding tert-OH is 1. The molecule has 1 N–H and O–H groups in total. The third-order valence-corrected chi connectivity index (χ3v) is 12.0. The van der Waals surface area contributed by atoms with Gasteiger partial charge >= 0.3 is 5.97 Å². The lowest BCUT2D eigenvalue weighted by atomic mass is 9.70. The molecule has 0 aliphatic carbocycles. The van der Waals surface area contributed by atoms with Gasteiger partial charge in [-0.25, -0.2) is 0 Å². The number of amides is 3. The second kappa shape index (κ2) is 16.1. The van der Waals surface area contributed by atoms with Crippen LogP contribution in [0.2, 0.25) is 0 Å². The maximum absolute atomic E-state index is 15.2. The highest BCUT2D eigenvalue weighted by atomic mass is 79.9. The number of ether oxygens (including phenoxy) is 2. The minimum Gasteiger partial charge on any atom is -0.455 e. The Hall–Kier alpha value is -3.02. The van der Waals surface area contributed by atoms with Crippen molar-refractivity contribution in [3.63, 3.8) is 0 Å². The fourth-order valence-electron chi connectivity index (χ4n) is 9.02. The number of halogens is 1. The molecule has 11 heteroatoms. The van der Waals surface area contributed by atoms with E-state index in [1.807, 2.05) is 65.0 Å². The summed E-state index contributed by atoms with van der Waals surface area (Å²) < 4.78 is 13.2.